The van der Waals surface area contributed by atoms with Crippen molar-refractivity contribution in [3.05, 3.63) is 50.7 Å². The fourth-order valence-electron chi connectivity index (χ4n) is 1.96. The number of aromatic nitrogens is 2. The molecule has 0 saturated carbocycles. The third-order valence-electron chi connectivity index (χ3n) is 2.88. The Morgan fingerprint density at radius 1 is 1.39 bits per heavy atom. The van der Waals surface area contributed by atoms with E-state index in [0.29, 0.717) is 0 Å². The lowest BCUT2D eigenvalue weighted by Gasteiger charge is -2.17. The predicted octanol–water partition coefficient (Wildman–Crippen LogP) is 3.45. The Morgan fingerprint density at radius 3 is 2.78 bits per heavy atom. The number of aryl methyl sites for hydroxylation is 1. The van der Waals surface area contributed by atoms with E-state index in [1.165, 1.54) is 11.1 Å². The smallest absolute Gasteiger partial charge is 0.0522 e. The molecule has 0 radical (unpaired) electrons. The van der Waals surface area contributed by atoms with Crippen molar-refractivity contribution in [1.82, 2.24) is 15.1 Å². The summed E-state index contributed by atoms with van der Waals surface area (Å²) in [6, 6.07) is 6.50. The molecule has 3 nitrogen and oxygen atoms in total. The molecular formula is C13H15Br2N3. The Hall–Kier alpha value is -0.650. The van der Waals surface area contributed by atoms with Gasteiger partial charge in [0.15, 0.2) is 0 Å². The second-order valence-electron chi connectivity index (χ2n) is 4.23. The Balaban J connectivity index is 2.25. The van der Waals surface area contributed by atoms with Gasteiger partial charge in [-0.15, -0.1) is 0 Å². The van der Waals surface area contributed by atoms with Crippen molar-refractivity contribution in [2.45, 2.75) is 12.5 Å². The monoisotopic (exact) mass is 371 g/mol. The van der Waals surface area contributed by atoms with E-state index in [9.17, 15) is 0 Å². The van der Waals surface area contributed by atoms with Crippen LogP contribution in [0.15, 0.2) is 39.5 Å². The topological polar surface area (TPSA) is 29.9 Å². The molecule has 0 fully saturated rings. The standard InChI is InChI=1S/C13H15Br2N3/c1-16-13(5-9-7-17-18(2)8-9)11-6-10(14)3-4-12(11)15/h3-4,6-8,13,16H,5H2,1-2H3. The highest BCUT2D eigenvalue weighted by molar-refractivity contribution is 9.11. The second kappa shape index (κ2) is 5.99. The van der Waals surface area contributed by atoms with E-state index in [1.54, 1.807) is 0 Å². The molecule has 0 saturated heterocycles. The minimum atomic E-state index is 0.265. The van der Waals surface area contributed by atoms with Gasteiger partial charge in [-0.3, -0.25) is 4.68 Å². The first kappa shape index (κ1) is 13.8. The van der Waals surface area contributed by atoms with Crippen molar-refractivity contribution >= 4 is 31.9 Å². The van der Waals surface area contributed by atoms with E-state index in [1.807, 2.05) is 31.0 Å². The molecule has 0 bridgehead atoms. The summed E-state index contributed by atoms with van der Waals surface area (Å²) in [5, 5.41) is 7.56. The van der Waals surface area contributed by atoms with Crippen LogP contribution >= 0.6 is 31.9 Å². The molecule has 0 aliphatic heterocycles. The van der Waals surface area contributed by atoms with Crippen molar-refractivity contribution in [3.63, 3.8) is 0 Å². The van der Waals surface area contributed by atoms with Crippen molar-refractivity contribution in [2.75, 3.05) is 7.05 Å². The largest absolute Gasteiger partial charge is 0.313 e. The summed E-state index contributed by atoms with van der Waals surface area (Å²) in [5.41, 5.74) is 2.47. The van der Waals surface area contributed by atoms with Gasteiger partial charge in [-0.2, -0.15) is 5.10 Å². The van der Waals surface area contributed by atoms with Crippen LogP contribution in [-0.4, -0.2) is 16.8 Å². The first-order valence-corrected chi connectivity index (χ1v) is 7.28. The van der Waals surface area contributed by atoms with Gasteiger partial charge in [-0.1, -0.05) is 31.9 Å². The maximum Gasteiger partial charge on any atom is 0.0522 e. The van der Waals surface area contributed by atoms with Gasteiger partial charge in [0.2, 0.25) is 0 Å². The lowest BCUT2D eigenvalue weighted by Crippen LogP contribution is -2.19. The lowest BCUT2D eigenvalue weighted by molar-refractivity contribution is 0.589. The zero-order valence-corrected chi connectivity index (χ0v) is 13.5. The van der Waals surface area contributed by atoms with Crippen molar-refractivity contribution < 1.29 is 0 Å². The van der Waals surface area contributed by atoms with Gasteiger partial charge in [0.05, 0.1) is 6.20 Å². The molecule has 5 heteroatoms. The van der Waals surface area contributed by atoms with Gasteiger partial charge in [0.25, 0.3) is 0 Å². The Labute approximate surface area is 124 Å². The molecule has 0 amide bonds. The quantitative estimate of drug-likeness (QED) is 0.890. The second-order valence-corrected chi connectivity index (χ2v) is 6.00. The molecule has 1 unspecified atom stereocenters. The summed E-state index contributed by atoms with van der Waals surface area (Å²) in [6.45, 7) is 0. The zero-order chi connectivity index (χ0) is 13.1. The summed E-state index contributed by atoms with van der Waals surface area (Å²) in [5.74, 6) is 0. The maximum absolute atomic E-state index is 4.21. The molecule has 1 atom stereocenters. The molecule has 0 aliphatic rings. The molecule has 18 heavy (non-hydrogen) atoms. The van der Waals surface area contributed by atoms with Crippen molar-refractivity contribution in [3.8, 4) is 0 Å². The lowest BCUT2D eigenvalue weighted by atomic mass is 10.0. The molecule has 0 spiro atoms. The fourth-order valence-corrected chi connectivity index (χ4v) is 2.86. The van der Waals surface area contributed by atoms with E-state index in [-0.39, 0.29) is 6.04 Å². The van der Waals surface area contributed by atoms with Crippen molar-refractivity contribution in [2.24, 2.45) is 7.05 Å². The summed E-state index contributed by atoms with van der Waals surface area (Å²) in [4.78, 5) is 0. The first-order chi connectivity index (χ1) is 8.60. The van der Waals surface area contributed by atoms with E-state index in [2.05, 4.69) is 60.6 Å². The van der Waals surface area contributed by atoms with Crippen LogP contribution in [0.5, 0.6) is 0 Å². The van der Waals surface area contributed by atoms with E-state index < -0.39 is 0 Å². The van der Waals surface area contributed by atoms with Crippen LogP contribution in [0.1, 0.15) is 17.2 Å². The highest BCUT2D eigenvalue weighted by Crippen LogP contribution is 2.28. The Morgan fingerprint density at radius 2 is 2.17 bits per heavy atom. The van der Waals surface area contributed by atoms with Crippen LogP contribution in [0, 0.1) is 0 Å². The van der Waals surface area contributed by atoms with Gasteiger partial charge in [0, 0.05) is 28.2 Å². The third-order valence-corrected chi connectivity index (χ3v) is 4.10. The normalized spacial score (nSPS) is 12.7. The number of hydrogen-bond acceptors (Lipinski definition) is 2. The first-order valence-electron chi connectivity index (χ1n) is 5.70. The molecule has 0 aliphatic carbocycles. The zero-order valence-electron chi connectivity index (χ0n) is 10.3. The van der Waals surface area contributed by atoms with Gasteiger partial charge in [0.1, 0.15) is 0 Å². The number of benzene rings is 1. The van der Waals surface area contributed by atoms with E-state index in [0.717, 1.165) is 15.4 Å². The van der Waals surface area contributed by atoms with Gasteiger partial charge < -0.3 is 5.32 Å². The highest BCUT2D eigenvalue weighted by Gasteiger charge is 2.14. The minimum absolute atomic E-state index is 0.265. The summed E-state index contributed by atoms with van der Waals surface area (Å²) >= 11 is 7.13. The van der Waals surface area contributed by atoms with Crippen LogP contribution in [0.3, 0.4) is 0 Å². The average molecular weight is 373 g/mol. The Kier molecular flexibility index (Phi) is 4.59. The average Bonchev–Trinajstić information content (AvgIpc) is 2.75. The van der Waals surface area contributed by atoms with Crippen molar-refractivity contribution in [1.29, 1.82) is 0 Å². The van der Waals surface area contributed by atoms with Crippen LogP contribution in [0.25, 0.3) is 0 Å². The number of likely N-dealkylation sites (N-methyl/N-ethyl adjacent to an activating group) is 1. The molecule has 1 aromatic carbocycles. The van der Waals surface area contributed by atoms with E-state index in [4.69, 9.17) is 0 Å². The number of halogens is 2. The maximum atomic E-state index is 4.21. The molecule has 1 N–H and O–H groups in total. The van der Waals surface area contributed by atoms with Gasteiger partial charge in [-0.25, -0.2) is 0 Å². The molecular weight excluding hydrogens is 358 g/mol. The Bertz CT molecular complexity index is 537. The number of nitrogens with zero attached hydrogens (tertiary/aromatic N) is 2. The predicted molar refractivity (Wildman–Crippen MR) is 80.6 cm³/mol. The summed E-state index contributed by atoms with van der Waals surface area (Å²) in [7, 11) is 3.92. The highest BCUT2D eigenvalue weighted by atomic mass is 79.9. The van der Waals surface area contributed by atoms with Crippen LogP contribution in [0.4, 0.5) is 0 Å². The van der Waals surface area contributed by atoms with Crippen LogP contribution < -0.4 is 5.32 Å². The fraction of sp³-hybridized carbons (Fsp3) is 0.308. The number of nitrogens with one attached hydrogen (secondary N) is 1. The number of hydrogen-bond donors (Lipinski definition) is 1. The van der Waals surface area contributed by atoms with Gasteiger partial charge in [-0.05, 0) is 42.8 Å². The molecule has 96 valence electrons. The van der Waals surface area contributed by atoms with Gasteiger partial charge >= 0.3 is 0 Å². The molecule has 1 heterocycles. The third kappa shape index (κ3) is 3.22. The molecule has 1 aromatic heterocycles. The van der Waals surface area contributed by atoms with E-state index >= 15 is 0 Å². The minimum Gasteiger partial charge on any atom is -0.313 e. The van der Waals surface area contributed by atoms with Crippen LogP contribution in [-0.2, 0) is 13.5 Å². The molecule has 2 rings (SSSR count). The molecule has 2 aromatic rings. The van der Waals surface area contributed by atoms with Crippen LogP contribution in [0.2, 0.25) is 0 Å². The SMILES string of the molecule is CNC(Cc1cnn(C)c1)c1cc(Br)ccc1Br. The number of rotatable bonds is 4. The summed E-state index contributed by atoms with van der Waals surface area (Å²) < 4.78 is 4.04. The summed E-state index contributed by atoms with van der Waals surface area (Å²) in [6.07, 6.45) is 4.88.